The first-order valence-electron chi connectivity index (χ1n) is 8.79. The van der Waals surface area contributed by atoms with E-state index in [1.54, 1.807) is 12.1 Å². The van der Waals surface area contributed by atoms with E-state index in [4.69, 9.17) is 9.84 Å². The molecule has 2 aromatic carbocycles. The highest BCUT2D eigenvalue weighted by Gasteiger charge is 2.28. The van der Waals surface area contributed by atoms with Gasteiger partial charge in [-0.2, -0.15) is 0 Å². The summed E-state index contributed by atoms with van der Waals surface area (Å²) in [5, 5.41) is 12.2. The highest BCUT2D eigenvalue weighted by atomic mass is 16.5. The minimum absolute atomic E-state index is 0.0723. The standard InChI is InChI=1S/C21H23NO4/c1-14-11-17(21(24)25)8-7-16(14)12-19(23)22-20(18-9-10-26-13-18)15-5-3-2-4-6-15/h2-8,11,18,20H,9-10,12-13H2,1H3,(H,22,23)(H,24,25). The van der Waals surface area contributed by atoms with E-state index in [1.807, 2.05) is 37.3 Å². The van der Waals surface area contributed by atoms with E-state index in [0.29, 0.717) is 6.61 Å². The normalized spacial score (nSPS) is 17.7. The Morgan fingerprint density at radius 2 is 2.00 bits per heavy atom. The van der Waals surface area contributed by atoms with E-state index >= 15 is 0 Å². The fraction of sp³-hybridized carbons (Fsp3) is 0.333. The van der Waals surface area contributed by atoms with Crippen LogP contribution in [0.1, 0.15) is 39.5 Å². The van der Waals surface area contributed by atoms with Crippen LogP contribution in [-0.4, -0.2) is 30.2 Å². The van der Waals surface area contributed by atoms with Crippen molar-refractivity contribution in [3.8, 4) is 0 Å². The topological polar surface area (TPSA) is 75.6 Å². The summed E-state index contributed by atoms with van der Waals surface area (Å²) in [6, 6.07) is 14.7. The van der Waals surface area contributed by atoms with Crippen molar-refractivity contribution in [1.82, 2.24) is 5.32 Å². The summed E-state index contributed by atoms with van der Waals surface area (Å²) in [4.78, 5) is 23.7. The SMILES string of the molecule is Cc1cc(C(=O)O)ccc1CC(=O)NC(c1ccccc1)C1CCOC1. The number of carboxylic acid groups (broad SMARTS) is 1. The second-order valence-corrected chi connectivity index (χ2v) is 6.70. The molecule has 1 aliphatic heterocycles. The second-order valence-electron chi connectivity index (χ2n) is 6.70. The van der Waals surface area contributed by atoms with Gasteiger partial charge in [0.25, 0.3) is 0 Å². The molecule has 1 aliphatic rings. The van der Waals surface area contributed by atoms with E-state index in [0.717, 1.165) is 29.7 Å². The highest BCUT2D eigenvalue weighted by Crippen LogP contribution is 2.29. The van der Waals surface area contributed by atoms with Gasteiger partial charge in [-0.3, -0.25) is 4.79 Å². The number of aryl methyl sites for hydroxylation is 1. The molecule has 3 rings (SSSR count). The number of amides is 1. The van der Waals surface area contributed by atoms with Gasteiger partial charge >= 0.3 is 5.97 Å². The van der Waals surface area contributed by atoms with Gasteiger partial charge in [0.1, 0.15) is 0 Å². The van der Waals surface area contributed by atoms with Gasteiger partial charge in [-0.25, -0.2) is 4.79 Å². The van der Waals surface area contributed by atoms with Crippen molar-refractivity contribution < 1.29 is 19.4 Å². The molecule has 0 aliphatic carbocycles. The third-order valence-electron chi connectivity index (χ3n) is 4.85. The van der Waals surface area contributed by atoms with Crippen LogP contribution in [0.25, 0.3) is 0 Å². The van der Waals surface area contributed by atoms with E-state index in [-0.39, 0.29) is 29.9 Å². The number of hydrogen-bond donors (Lipinski definition) is 2. The number of carboxylic acids is 1. The number of benzene rings is 2. The molecule has 0 spiro atoms. The van der Waals surface area contributed by atoms with Crippen LogP contribution in [0.4, 0.5) is 0 Å². The van der Waals surface area contributed by atoms with Crippen molar-refractivity contribution in [1.29, 1.82) is 0 Å². The van der Waals surface area contributed by atoms with Gasteiger partial charge in [0.2, 0.25) is 5.91 Å². The third kappa shape index (κ3) is 4.29. The lowest BCUT2D eigenvalue weighted by Crippen LogP contribution is -2.35. The number of hydrogen-bond acceptors (Lipinski definition) is 3. The number of rotatable bonds is 6. The Hall–Kier alpha value is -2.66. The number of aromatic carboxylic acids is 1. The maximum atomic E-state index is 12.7. The molecule has 2 N–H and O–H groups in total. The Labute approximate surface area is 153 Å². The van der Waals surface area contributed by atoms with Crippen molar-refractivity contribution in [3.05, 3.63) is 70.8 Å². The molecule has 1 saturated heterocycles. The summed E-state index contributed by atoms with van der Waals surface area (Å²) in [6.07, 6.45) is 1.15. The lowest BCUT2D eigenvalue weighted by atomic mass is 9.92. The Kier molecular flexibility index (Phi) is 5.68. The van der Waals surface area contributed by atoms with Gasteiger partial charge in [0.05, 0.1) is 24.6 Å². The van der Waals surface area contributed by atoms with Gasteiger partial charge < -0.3 is 15.2 Å². The summed E-state index contributed by atoms with van der Waals surface area (Å²) < 4.78 is 5.51. The first kappa shape index (κ1) is 18.1. The molecular formula is C21H23NO4. The van der Waals surface area contributed by atoms with Crippen molar-refractivity contribution in [3.63, 3.8) is 0 Å². The molecule has 136 valence electrons. The molecular weight excluding hydrogens is 330 g/mol. The molecule has 1 amide bonds. The molecule has 2 unspecified atom stereocenters. The van der Waals surface area contributed by atoms with Crippen LogP contribution < -0.4 is 5.32 Å². The van der Waals surface area contributed by atoms with Gasteiger partial charge in [-0.15, -0.1) is 0 Å². The molecule has 1 fully saturated rings. The predicted octanol–water partition coefficient (Wildman–Crippen LogP) is 3.13. The minimum atomic E-state index is -0.963. The zero-order valence-corrected chi connectivity index (χ0v) is 14.8. The zero-order valence-electron chi connectivity index (χ0n) is 14.8. The largest absolute Gasteiger partial charge is 0.478 e. The van der Waals surface area contributed by atoms with Crippen molar-refractivity contribution in [2.45, 2.75) is 25.8 Å². The van der Waals surface area contributed by atoms with Crippen molar-refractivity contribution >= 4 is 11.9 Å². The number of ether oxygens (including phenoxy) is 1. The van der Waals surface area contributed by atoms with Gasteiger partial charge in [-0.05, 0) is 42.2 Å². The number of carbonyl (C=O) groups is 2. The Balaban J connectivity index is 1.73. The Morgan fingerprint density at radius 3 is 2.62 bits per heavy atom. The van der Waals surface area contributed by atoms with E-state index in [9.17, 15) is 9.59 Å². The van der Waals surface area contributed by atoms with Crippen LogP contribution in [0.5, 0.6) is 0 Å². The summed E-state index contributed by atoms with van der Waals surface area (Å²) >= 11 is 0. The van der Waals surface area contributed by atoms with E-state index in [2.05, 4.69) is 5.32 Å². The summed E-state index contributed by atoms with van der Waals surface area (Å²) in [7, 11) is 0. The van der Waals surface area contributed by atoms with Crippen LogP contribution in [-0.2, 0) is 16.0 Å². The maximum Gasteiger partial charge on any atom is 0.335 e. The first-order chi connectivity index (χ1) is 12.5. The maximum absolute atomic E-state index is 12.7. The fourth-order valence-corrected chi connectivity index (χ4v) is 3.37. The average molecular weight is 353 g/mol. The quantitative estimate of drug-likeness (QED) is 0.837. The highest BCUT2D eigenvalue weighted by molar-refractivity contribution is 5.88. The predicted molar refractivity (Wildman–Crippen MR) is 98.1 cm³/mol. The molecule has 2 aromatic rings. The average Bonchev–Trinajstić information content (AvgIpc) is 3.16. The van der Waals surface area contributed by atoms with Crippen molar-refractivity contribution in [2.24, 2.45) is 5.92 Å². The smallest absolute Gasteiger partial charge is 0.335 e. The van der Waals surface area contributed by atoms with Gasteiger partial charge in [0, 0.05) is 12.5 Å². The monoisotopic (exact) mass is 353 g/mol. The number of carbonyl (C=O) groups excluding carboxylic acids is 1. The minimum Gasteiger partial charge on any atom is -0.478 e. The summed E-state index contributed by atoms with van der Waals surface area (Å²) in [5.74, 6) is -0.775. The fourth-order valence-electron chi connectivity index (χ4n) is 3.37. The Morgan fingerprint density at radius 1 is 1.23 bits per heavy atom. The van der Waals surface area contributed by atoms with Crippen LogP contribution in [0.15, 0.2) is 48.5 Å². The van der Waals surface area contributed by atoms with Crippen LogP contribution in [0.2, 0.25) is 0 Å². The summed E-state index contributed by atoms with van der Waals surface area (Å²) in [6.45, 7) is 3.19. The molecule has 1 heterocycles. The molecule has 0 bridgehead atoms. The van der Waals surface area contributed by atoms with Crippen LogP contribution >= 0.6 is 0 Å². The molecule has 2 atom stereocenters. The number of nitrogens with one attached hydrogen (secondary N) is 1. The van der Waals surface area contributed by atoms with Crippen molar-refractivity contribution in [2.75, 3.05) is 13.2 Å². The third-order valence-corrected chi connectivity index (χ3v) is 4.85. The molecule has 5 nitrogen and oxygen atoms in total. The Bertz CT molecular complexity index is 782. The van der Waals surface area contributed by atoms with Gasteiger partial charge in [0.15, 0.2) is 0 Å². The van der Waals surface area contributed by atoms with Gasteiger partial charge in [-0.1, -0.05) is 36.4 Å². The molecule has 0 radical (unpaired) electrons. The molecule has 5 heteroatoms. The lowest BCUT2D eigenvalue weighted by Gasteiger charge is -2.24. The zero-order chi connectivity index (χ0) is 18.5. The van der Waals surface area contributed by atoms with Crippen LogP contribution in [0, 0.1) is 12.8 Å². The van der Waals surface area contributed by atoms with E-state index in [1.165, 1.54) is 6.07 Å². The molecule has 0 aromatic heterocycles. The lowest BCUT2D eigenvalue weighted by molar-refractivity contribution is -0.121. The molecule has 26 heavy (non-hydrogen) atoms. The van der Waals surface area contributed by atoms with E-state index < -0.39 is 5.97 Å². The molecule has 0 saturated carbocycles. The summed E-state index contributed by atoms with van der Waals surface area (Å²) in [5.41, 5.74) is 2.95. The second kappa shape index (κ2) is 8.15. The first-order valence-corrected chi connectivity index (χ1v) is 8.79. The van der Waals surface area contributed by atoms with Crippen LogP contribution in [0.3, 0.4) is 0 Å².